The zero-order valence-electron chi connectivity index (χ0n) is 15.8. The highest BCUT2D eigenvalue weighted by Gasteiger charge is 2.31. The first-order valence-electron chi connectivity index (χ1n) is 9.23. The SMILES string of the molecule is Cc1n[nH]c(C)c1S(=O)(=O)N1CCCN(C(=O)CCc2ccccc2)CC1. The molecular formula is C19H26N4O3S. The Balaban J connectivity index is 1.62. The van der Waals surface area contributed by atoms with Crippen LogP contribution in [0.25, 0.3) is 0 Å². The molecule has 8 heteroatoms. The molecule has 1 fully saturated rings. The van der Waals surface area contributed by atoms with Crippen LogP contribution in [0.5, 0.6) is 0 Å². The molecule has 0 bridgehead atoms. The molecule has 0 spiro atoms. The van der Waals surface area contributed by atoms with Crippen molar-refractivity contribution in [2.24, 2.45) is 0 Å². The number of aromatic amines is 1. The third-order valence-corrected chi connectivity index (χ3v) is 7.10. The van der Waals surface area contributed by atoms with Crippen molar-refractivity contribution in [3.8, 4) is 0 Å². The Morgan fingerprint density at radius 3 is 2.52 bits per heavy atom. The Bertz CT molecular complexity index is 873. The van der Waals surface area contributed by atoms with Gasteiger partial charge in [-0.15, -0.1) is 0 Å². The van der Waals surface area contributed by atoms with E-state index in [9.17, 15) is 13.2 Å². The third-order valence-electron chi connectivity index (χ3n) is 4.94. The van der Waals surface area contributed by atoms with Crippen LogP contribution in [0.4, 0.5) is 0 Å². The molecule has 0 aliphatic carbocycles. The highest BCUT2D eigenvalue weighted by Crippen LogP contribution is 2.23. The van der Waals surface area contributed by atoms with E-state index >= 15 is 0 Å². The number of benzene rings is 1. The van der Waals surface area contributed by atoms with E-state index < -0.39 is 10.0 Å². The summed E-state index contributed by atoms with van der Waals surface area (Å²) in [5.74, 6) is 0.0776. The third kappa shape index (κ3) is 4.39. The van der Waals surface area contributed by atoms with E-state index in [2.05, 4.69) is 10.2 Å². The second-order valence-electron chi connectivity index (χ2n) is 6.89. The average Bonchev–Trinajstić information content (AvgIpc) is 2.86. The standard InChI is InChI=1S/C19H26N4O3S/c1-15-19(16(2)21-20-15)27(25,26)23-12-6-11-22(13-14-23)18(24)10-9-17-7-4-3-5-8-17/h3-5,7-8H,6,9-14H2,1-2H3,(H,20,21). The molecule has 0 atom stereocenters. The van der Waals surface area contributed by atoms with Crippen LogP contribution < -0.4 is 0 Å². The Hall–Kier alpha value is -2.19. The summed E-state index contributed by atoms with van der Waals surface area (Å²) in [6.45, 7) is 5.13. The summed E-state index contributed by atoms with van der Waals surface area (Å²) in [6.07, 6.45) is 1.77. The Morgan fingerprint density at radius 2 is 1.85 bits per heavy atom. The number of hydrogen-bond acceptors (Lipinski definition) is 4. The number of rotatable bonds is 5. The number of sulfonamides is 1. The number of amides is 1. The molecule has 1 aromatic heterocycles. The fourth-order valence-electron chi connectivity index (χ4n) is 3.49. The zero-order chi connectivity index (χ0) is 19.4. The largest absolute Gasteiger partial charge is 0.341 e. The van der Waals surface area contributed by atoms with E-state index in [0.717, 1.165) is 5.56 Å². The smallest absolute Gasteiger partial charge is 0.246 e. The van der Waals surface area contributed by atoms with Crippen molar-refractivity contribution in [1.82, 2.24) is 19.4 Å². The number of nitrogens with one attached hydrogen (secondary N) is 1. The first-order valence-corrected chi connectivity index (χ1v) is 10.7. The predicted octanol–water partition coefficient (Wildman–Crippen LogP) is 1.88. The van der Waals surface area contributed by atoms with Crippen molar-refractivity contribution in [1.29, 1.82) is 0 Å². The molecule has 1 aliphatic rings. The molecule has 0 saturated carbocycles. The molecule has 2 heterocycles. The van der Waals surface area contributed by atoms with Crippen LogP contribution in [0.3, 0.4) is 0 Å². The summed E-state index contributed by atoms with van der Waals surface area (Å²) in [6, 6.07) is 9.92. The molecule has 1 amide bonds. The van der Waals surface area contributed by atoms with Crippen LogP contribution in [0.1, 0.15) is 29.8 Å². The van der Waals surface area contributed by atoms with Gasteiger partial charge < -0.3 is 4.90 Å². The van der Waals surface area contributed by atoms with Crippen LogP contribution in [0.15, 0.2) is 35.2 Å². The van der Waals surface area contributed by atoms with E-state index in [4.69, 9.17) is 0 Å². The molecule has 27 heavy (non-hydrogen) atoms. The summed E-state index contributed by atoms with van der Waals surface area (Å²) >= 11 is 0. The number of H-pyrrole nitrogens is 1. The molecule has 146 valence electrons. The highest BCUT2D eigenvalue weighted by atomic mass is 32.2. The Labute approximate surface area is 160 Å². The first kappa shape index (κ1) is 19.6. The molecular weight excluding hydrogens is 364 g/mol. The minimum Gasteiger partial charge on any atom is -0.341 e. The fraction of sp³-hybridized carbons (Fsp3) is 0.474. The lowest BCUT2D eigenvalue weighted by molar-refractivity contribution is -0.131. The van der Waals surface area contributed by atoms with Crippen molar-refractivity contribution in [2.45, 2.75) is 38.0 Å². The molecule has 0 unspecified atom stereocenters. The molecule has 1 aliphatic heterocycles. The number of aryl methyl sites for hydroxylation is 3. The monoisotopic (exact) mass is 390 g/mol. The Kier molecular flexibility index (Phi) is 5.96. The van der Waals surface area contributed by atoms with Gasteiger partial charge in [0, 0.05) is 32.6 Å². The zero-order valence-corrected chi connectivity index (χ0v) is 16.6. The van der Waals surface area contributed by atoms with Gasteiger partial charge in [0.1, 0.15) is 4.90 Å². The van der Waals surface area contributed by atoms with Crippen LogP contribution in [-0.4, -0.2) is 59.9 Å². The summed E-state index contributed by atoms with van der Waals surface area (Å²) in [4.78, 5) is 14.6. The van der Waals surface area contributed by atoms with Crippen LogP contribution >= 0.6 is 0 Å². The average molecular weight is 391 g/mol. The van der Waals surface area contributed by atoms with Crippen molar-refractivity contribution in [3.05, 3.63) is 47.3 Å². The maximum absolute atomic E-state index is 13.0. The van der Waals surface area contributed by atoms with Crippen LogP contribution in [0.2, 0.25) is 0 Å². The normalized spacial score (nSPS) is 16.3. The predicted molar refractivity (Wildman–Crippen MR) is 103 cm³/mol. The molecule has 1 saturated heterocycles. The van der Waals surface area contributed by atoms with Gasteiger partial charge in [-0.3, -0.25) is 9.89 Å². The molecule has 7 nitrogen and oxygen atoms in total. The first-order chi connectivity index (χ1) is 12.9. The molecule has 1 aromatic carbocycles. The lowest BCUT2D eigenvalue weighted by Crippen LogP contribution is -2.37. The van der Waals surface area contributed by atoms with Gasteiger partial charge in [0.2, 0.25) is 15.9 Å². The van der Waals surface area contributed by atoms with Crippen molar-refractivity contribution in [3.63, 3.8) is 0 Å². The fourth-order valence-corrected chi connectivity index (χ4v) is 5.29. The molecule has 1 N–H and O–H groups in total. The van der Waals surface area contributed by atoms with E-state index in [0.29, 0.717) is 56.8 Å². The lowest BCUT2D eigenvalue weighted by Gasteiger charge is -2.22. The number of carbonyl (C=O) groups is 1. The van der Waals surface area contributed by atoms with Gasteiger partial charge in [-0.25, -0.2) is 8.42 Å². The van der Waals surface area contributed by atoms with E-state index in [1.807, 2.05) is 30.3 Å². The summed E-state index contributed by atoms with van der Waals surface area (Å²) in [5.41, 5.74) is 2.16. The van der Waals surface area contributed by atoms with Gasteiger partial charge >= 0.3 is 0 Å². The lowest BCUT2D eigenvalue weighted by atomic mass is 10.1. The number of nitrogens with zero attached hydrogens (tertiary/aromatic N) is 3. The number of carbonyl (C=O) groups excluding carboxylic acids is 1. The van der Waals surface area contributed by atoms with Gasteiger partial charge in [-0.2, -0.15) is 9.40 Å². The van der Waals surface area contributed by atoms with Crippen molar-refractivity contribution < 1.29 is 13.2 Å². The van der Waals surface area contributed by atoms with Gasteiger partial charge in [-0.05, 0) is 32.3 Å². The molecule has 0 radical (unpaired) electrons. The van der Waals surface area contributed by atoms with Gasteiger partial charge in [0.15, 0.2) is 0 Å². The van der Waals surface area contributed by atoms with Crippen molar-refractivity contribution >= 4 is 15.9 Å². The van der Waals surface area contributed by atoms with E-state index in [-0.39, 0.29) is 10.8 Å². The summed E-state index contributed by atoms with van der Waals surface area (Å²) in [5, 5.41) is 6.74. The summed E-state index contributed by atoms with van der Waals surface area (Å²) < 4.78 is 27.5. The van der Waals surface area contributed by atoms with Gasteiger partial charge in [0.05, 0.1) is 11.4 Å². The van der Waals surface area contributed by atoms with Gasteiger partial charge in [-0.1, -0.05) is 30.3 Å². The van der Waals surface area contributed by atoms with Crippen LogP contribution in [-0.2, 0) is 21.2 Å². The molecule has 3 rings (SSSR count). The number of hydrogen-bond donors (Lipinski definition) is 1. The summed E-state index contributed by atoms with van der Waals surface area (Å²) in [7, 11) is -3.61. The maximum Gasteiger partial charge on any atom is 0.246 e. The second kappa shape index (κ2) is 8.22. The topological polar surface area (TPSA) is 86.4 Å². The van der Waals surface area contributed by atoms with Crippen LogP contribution in [0, 0.1) is 13.8 Å². The molecule has 2 aromatic rings. The Morgan fingerprint density at radius 1 is 1.11 bits per heavy atom. The minimum atomic E-state index is -3.61. The quantitative estimate of drug-likeness (QED) is 0.845. The maximum atomic E-state index is 13.0. The van der Waals surface area contributed by atoms with Crippen molar-refractivity contribution in [2.75, 3.05) is 26.2 Å². The minimum absolute atomic E-state index is 0.0776. The highest BCUT2D eigenvalue weighted by molar-refractivity contribution is 7.89. The second-order valence-corrected chi connectivity index (χ2v) is 8.76. The number of aromatic nitrogens is 2. The van der Waals surface area contributed by atoms with Gasteiger partial charge in [0.25, 0.3) is 0 Å². The van der Waals surface area contributed by atoms with E-state index in [1.54, 1.807) is 18.7 Å². The van der Waals surface area contributed by atoms with E-state index in [1.165, 1.54) is 4.31 Å².